The molecule has 0 aliphatic heterocycles. The lowest BCUT2D eigenvalue weighted by atomic mass is 9.94. The highest BCUT2D eigenvalue weighted by atomic mass is 16.5. The van der Waals surface area contributed by atoms with Crippen molar-refractivity contribution in [3.63, 3.8) is 0 Å². The van der Waals surface area contributed by atoms with Gasteiger partial charge in [-0.25, -0.2) is 0 Å². The van der Waals surface area contributed by atoms with E-state index in [1.807, 2.05) is 30.3 Å². The maximum atomic E-state index is 11.4. The first-order chi connectivity index (χ1) is 10.3. The molecule has 3 heteroatoms. The van der Waals surface area contributed by atoms with Crippen LogP contribution in [-0.4, -0.2) is 20.5 Å². The van der Waals surface area contributed by atoms with Gasteiger partial charge in [-0.05, 0) is 54.2 Å². The SMILES string of the molecule is COc1ccc(-c2cc(C=O)c3c(c2OC)CCC3)cc1. The number of hydrogen-bond donors (Lipinski definition) is 0. The molecule has 21 heavy (non-hydrogen) atoms. The fourth-order valence-corrected chi connectivity index (χ4v) is 3.11. The van der Waals surface area contributed by atoms with Gasteiger partial charge in [0.1, 0.15) is 17.8 Å². The predicted molar refractivity (Wildman–Crippen MR) is 82.4 cm³/mol. The summed E-state index contributed by atoms with van der Waals surface area (Å²) in [6.45, 7) is 0. The fraction of sp³-hybridized carbons (Fsp3) is 0.278. The molecule has 0 radical (unpaired) electrons. The number of rotatable bonds is 4. The smallest absolute Gasteiger partial charge is 0.150 e. The Kier molecular flexibility index (Phi) is 3.65. The van der Waals surface area contributed by atoms with E-state index in [2.05, 4.69) is 0 Å². The zero-order valence-electron chi connectivity index (χ0n) is 12.3. The first-order valence-electron chi connectivity index (χ1n) is 7.10. The molecule has 0 saturated heterocycles. The summed E-state index contributed by atoms with van der Waals surface area (Å²) in [5, 5.41) is 0. The molecule has 0 aromatic heterocycles. The molecule has 2 aromatic rings. The summed E-state index contributed by atoms with van der Waals surface area (Å²) in [6.07, 6.45) is 3.97. The van der Waals surface area contributed by atoms with Crippen molar-refractivity contribution in [2.45, 2.75) is 19.3 Å². The number of hydrogen-bond acceptors (Lipinski definition) is 3. The van der Waals surface area contributed by atoms with E-state index in [9.17, 15) is 4.79 Å². The van der Waals surface area contributed by atoms with Crippen molar-refractivity contribution in [2.24, 2.45) is 0 Å². The molecular weight excluding hydrogens is 264 g/mol. The molecule has 0 bridgehead atoms. The lowest BCUT2D eigenvalue weighted by Crippen LogP contribution is -1.99. The van der Waals surface area contributed by atoms with Crippen LogP contribution in [0.3, 0.4) is 0 Å². The maximum absolute atomic E-state index is 11.4. The third kappa shape index (κ3) is 2.29. The summed E-state index contributed by atoms with van der Waals surface area (Å²) in [5.41, 5.74) is 5.13. The fourth-order valence-electron chi connectivity index (χ4n) is 3.11. The molecule has 108 valence electrons. The van der Waals surface area contributed by atoms with E-state index >= 15 is 0 Å². The van der Waals surface area contributed by atoms with E-state index in [0.29, 0.717) is 0 Å². The van der Waals surface area contributed by atoms with Crippen LogP contribution in [0.2, 0.25) is 0 Å². The van der Waals surface area contributed by atoms with Crippen molar-refractivity contribution in [1.29, 1.82) is 0 Å². The number of benzene rings is 2. The first kappa shape index (κ1) is 13.7. The second kappa shape index (κ2) is 5.60. The molecule has 2 aromatic carbocycles. The van der Waals surface area contributed by atoms with Crippen molar-refractivity contribution in [1.82, 2.24) is 0 Å². The summed E-state index contributed by atoms with van der Waals surface area (Å²) in [7, 11) is 3.34. The molecule has 1 aliphatic carbocycles. The van der Waals surface area contributed by atoms with Crippen LogP contribution < -0.4 is 9.47 Å². The highest BCUT2D eigenvalue weighted by Crippen LogP contribution is 2.41. The van der Waals surface area contributed by atoms with Crippen LogP contribution in [0.15, 0.2) is 30.3 Å². The van der Waals surface area contributed by atoms with Gasteiger partial charge in [-0.3, -0.25) is 4.79 Å². The lowest BCUT2D eigenvalue weighted by molar-refractivity contribution is 0.112. The van der Waals surface area contributed by atoms with Gasteiger partial charge in [0.05, 0.1) is 14.2 Å². The van der Waals surface area contributed by atoms with E-state index in [1.165, 1.54) is 5.56 Å². The van der Waals surface area contributed by atoms with Gasteiger partial charge >= 0.3 is 0 Å². The number of carbonyl (C=O) groups excluding carboxylic acids is 1. The van der Waals surface area contributed by atoms with Gasteiger partial charge in [-0.15, -0.1) is 0 Å². The highest BCUT2D eigenvalue weighted by molar-refractivity contribution is 5.86. The van der Waals surface area contributed by atoms with E-state index in [4.69, 9.17) is 9.47 Å². The van der Waals surface area contributed by atoms with Crippen molar-refractivity contribution in [3.05, 3.63) is 47.0 Å². The van der Waals surface area contributed by atoms with Crippen LogP contribution in [-0.2, 0) is 12.8 Å². The number of methoxy groups -OCH3 is 2. The Morgan fingerprint density at radius 1 is 1.00 bits per heavy atom. The minimum atomic E-state index is 0.786. The van der Waals surface area contributed by atoms with Crippen molar-refractivity contribution >= 4 is 6.29 Å². The van der Waals surface area contributed by atoms with Gasteiger partial charge in [0, 0.05) is 11.1 Å². The monoisotopic (exact) mass is 282 g/mol. The molecule has 3 rings (SSSR count). The summed E-state index contributed by atoms with van der Waals surface area (Å²) in [5.74, 6) is 1.72. The molecule has 0 unspecified atom stereocenters. The third-order valence-electron chi connectivity index (χ3n) is 4.12. The summed E-state index contributed by atoms with van der Waals surface area (Å²) < 4.78 is 10.8. The van der Waals surface area contributed by atoms with Gasteiger partial charge in [-0.2, -0.15) is 0 Å². The molecule has 0 heterocycles. The average Bonchev–Trinajstić information content (AvgIpc) is 3.03. The molecule has 0 N–H and O–H groups in total. The molecule has 1 aliphatic rings. The van der Waals surface area contributed by atoms with Gasteiger partial charge in [0.25, 0.3) is 0 Å². The molecule has 3 nitrogen and oxygen atoms in total. The normalized spacial score (nSPS) is 12.9. The van der Waals surface area contributed by atoms with Gasteiger partial charge < -0.3 is 9.47 Å². The van der Waals surface area contributed by atoms with Crippen molar-refractivity contribution < 1.29 is 14.3 Å². The third-order valence-corrected chi connectivity index (χ3v) is 4.12. The molecule has 0 amide bonds. The van der Waals surface area contributed by atoms with E-state index in [0.717, 1.165) is 59.3 Å². The Morgan fingerprint density at radius 2 is 1.71 bits per heavy atom. The van der Waals surface area contributed by atoms with Gasteiger partial charge in [0.15, 0.2) is 0 Å². The average molecular weight is 282 g/mol. The summed E-state index contributed by atoms with van der Waals surface area (Å²) in [6, 6.07) is 9.77. The van der Waals surface area contributed by atoms with E-state index in [1.54, 1.807) is 14.2 Å². The van der Waals surface area contributed by atoms with E-state index in [-0.39, 0.29) is 0 Å². The number of carbonyl (C=O) groups is 1. The van der Waals surface area contributed by atoms with Gasteiger partial charge in [0.2, 0.25) is 0 Å². The second-order valence-electron chi connectivity index (χ2n) is 5.20. The topological polar surface area (TPSA) is 35.5 Å². The molecule has 0 spiro atoms. The minimum Gasteiger partial charge on any atom is -0.497 e. The minimum absolute atomic E-state index is 0.786. The molecule has 0 saturated carbocycles. The molecule has 0 atom stereocenters. The van der Waals surface area contributed by atoms with Crippen molar-refractivity contribution in [2.75, 3.05) is 14.2 Å². The van der Waals surface area contributed by atoms with Crippen LogP contribution in [0, 0.1) is 0 Å². The predicted octanol–water partition coefficient (Wildman–Crippen LogP) is 3.67. The van der Waals surface area contributed by atoms with Crippen LogP contribution in [0.1, 0.15) is 27.9 Å². The quantitative estimate of drug-likeness (QED) is 0.803. The van der Waals surface area contributed by atoms with Crippen LogP contribution in [0.5, 0.6) is 11.5 Å². The number of ether oxygens (including phenoxy) is 2. The van der Waals surface area contributed by atoms with Crippen LogP contribution in [0.4, 0.5) is 0 Å². The van der Waals surface area contributed by atoms with Crippen molar-refractivity contribution in [3.8, 4) is 22.6 Å². The highest BCUT2D eigenvalue weighted by Gasteiger charge is 2.23. The Bertz CT molecular complexity index is 672. The number of fused-ring (bicyclic) bond motifs is 1. The largest absolute Gasteiger partial charge is 0.497 e. The Balaban J connectivity index is 2.18. The Labute approximate surface area is 124 Å². The Hall–Kier alpha value is -2.29. The summed E-state index contributed by atoms with van der Waals surface area (Å²) >= 11 is 0. The van der Waals surface area contributed by atoms with E-state index < -0.39 is 0 Å². The Morgan fingerprint density at radius 3 is 2.33 bits per heavy atom. The second-order valence-corrected chi connectivity index (χ2v) is 5.20. The summed E-state index contributed by atoms with van der Waals surface area (Å²) in [4.78, 5) is 11.4. The van der Waals surface area contributed by atoms with Gasteiger partial charge in [-0.1, -0.05) is 12.1 Å². The number of aldehydes is 1. The molecular formula is C18H18O3. The zero-order chi connectivity index (χ0) is 14.8. The standard InChI is InChI=1S/C18H18O3/c1-20-14-8-6-12(7-9-14)17-10-13(11-19)15-4-3-5-16(15)18(17)21-2/h6-11H,3-5H2,1-2H3. The lowest BCUT2D eigenvalue weighted by Gasteiger charge is -2.15. The zero-order valence-corrected chi connectivity index (χ0v) is 12.3. The van der Waals surface area contributed by atoms with Crippen LogP contribution in [0.25, 0.3) is 11.1 Å². The first-order valence-corrected chi connectivity index (χ1v) is 7.10. The van der Waals surface area contributed by atoms with Crippen LogP contribution >= 0.6 is 0 Å². The molecule has 0 fully saturated rings. The maximum Gasteiger partial charge on any atom is 0.150 e.